The van der Waals surface area contributed by atoms with E-state index in [4.69, 9.17) is 13.7 Å². The van der Waals surface area contributed by atoms with Crippen LogP contribution in [0.25, 0.3) is 0 Å². The van der Waals surface area contributed by atoms with E-state index in [1.165, 1.54) is 0 Å². The first-order valence-electron chi connectivity index (χ1n) is 6.01. The summed E-state index contributed by atoms with van der Waals surface area (Å²) in [6.07, 6.45) is 1.65. The molecule has 0 aromatic heterocycles. The molecule has 0 radical (unpaired) electrons. The zero-order valence-electron chi connectivity index (χ0n) is 10.6. The van der Waals surface area contributed by atoms with Crippen molar-refractivity contribution in [1.29, 1.82) is 0 Å². The largest absolute Gasteiger partial charge is 0.348 e. The molecule has 2 rings (SSSR count). The second-order valence-electron chi connectivity index (χ2n) is 5.20. The molecule has 2 aliphatic rings. The molecule has 1 atom stereocenters. The van der Waals surface area contributed by atoms with Crippen LogP contribution in [0.15, 0.2) is 0 Å². The minimum atomic E-state index is -3.46. The van der Waals surface area contributed by atoms with Gasteiger partial charge in [-0.05, 0) is 40.0 Å². The minimum Gasteiger partial charge on any atom is -0.348 e. The standard InChI is InChI=1S/C11H20O5S/c1-4-15-17(12,13)11(5-6-11)7-9-8-14-10(2,3)16-9/h9H,4-8H2,1-3H3/t9-/m0/s1. The number of hydrogen-bond donors (Lipinski definition) is 0. The zero-order valence-corrected chi connectivity index (χ0v) is 11.4. The smallest absolute Gasteiger partial charge is 0.273 e. The molecule has 6 heteroatoms. The summed E-state index contributed by atoms with van der Waals surface area (Å²) in [7, 11) is -3.46. The number of ether oxygens (including phenoxy) is 2. The van der Waals surface area contributed by atoms with E-state index in [1.807, 2.05) is 13.8 Å². The molecule has 1 saturated heterocycles. The van der Waals surface area contributed by atoms with Crippen molar-refractivity contribution < 1.29 is 22.1 Å². The lowest BCUT2D eigenvalue weighted by atomic mass is 10.2. The van der Waals surface area contributed by atoms with Crippen LogP contribution in [0.3, 0.4) is 0 Å². The van der Waals surface area contributed by atoms with Crippen molar-refractivity contribution in [1.82, 2.24) is 0 Å². The van der Waals surface area contributed by atoms with Crippen molar-refractivity contribution in [2.75, 3.05) is 13.2 Å². The predicted molar refractivity (Wildman–Crippen MR) is 62.0 cm³/mol. The van der Waals surface area contributed by atoms with Crippen LogP contribution in [0.2, 0.25) is 0 Å². The summed E-state index contributed by atoms with van der Waals surface area (Å²) < 4.78 is 39.2. The van der Waals surface area contributed by atoms with Gasteiger partial charge in [-0.3, -0.25) is 4.18 Å². The van der Waals surface area contributed by atoms with E-state index in [-0.39, 0.29) is 12.7 Å². The van der Waals surface area contributed by atoms with Gasteiger partial charge in [0.05, 0.1) is 19.3 Å². The summed E-state index contributed by atoms with van der Waals surface area (Å²) in [5.41, 5.74) is 0. The quantitative estimate of drug-likeness (QED) is 0.703. The Bertz CT molecular complexity index is 383. The maximum Gasteiger partial charge on any atom is 0.273 e. The Morgan fingerprint density at radius 3 is 2.41 bits per heavy atom. The van der Waals surface area contributed by atoms with E-state index < -0.39 is 20.7 Å². The summed E-state index contributed by atoms with van der Waals surface area (Å²) in [5.74, 6) is -0.601. The Labute approximate surface area is 103 Å². The van der Waals surface area contributed by atoms with Crippen molar-refractivity contribution in [2.45, 2.75) is 56.7 Å². The maximum absolute atomic E-state index is 11.9. The summed E-state index contributed by atoms with van der Waals surface area (Å²) in [4.78, 5) is 0. The molecule has 0 aromatic rings. The average molecular weight is 264 g/mol. The van der Waals surface area contributed by atoms with E-state index in [0.29, 0.717) is 25.9 Å². The van der Waals surface area contributed by atoms with Crippen LogP contribution in [0, 0.1) is 0 Å². The molecule has 0 bridgehead atoms. The SMILES string of the molecule is CCOS(=O)(=O)C1(C[C@H]2COC(C)(C)O2)CC1. The van der Waals surface area contributed by atoms with Crippen LogP contribution in [0.4, 0.5) is 0 Å². The highest BCUT2D eigenvalue weighted by molar-refractivity contribution is 7.88. The van der Waals surface area contributed by atoms with E-state index in [0.717, 1.165) is 0 Å². The summed E-state index contributed by atoms with van der Waals surface area (Å²) in [5, 5.41) is 0. The lowest BCUT2D eigenvalue weighted by Crippen LogP contribution is -2.32. The second kappa shape index (κ2) is 4.19. The topological polar surface area (TPSA) is 61.8 Å². The van der Waals surface area contributed by atoms with Gasteiger partial charge in [-0.1, -0.05) is 0 Å². The molecule has 1 heterocycles. The number of hydrogen-bond acceptors (Lipinski definition) is 5. The first kappa shape index (κ1) is 13.3. The fourth-order valence-corrected chi connectivity index (χ4v) is 3.81. The first-order chi connectivity index (χ1) is 7.80. The molecule has 1 aliphatic carbocycles. The predicted octanol–water partition coefficient (Wildman–Crippen LogP) is 1.43. The van der Waals surface area contributed by atoms with Gasteiger partial charge < -0.3 is 9.47 Å². The molecule has 0 spiro atoms. The van der Waals surface area contributed by atoms with Gasteiger partial charge in [-0.2, -0.15) is 8.42 Å². The van der Waals surface area contributed by atoms with Crippen molar-refractivity contribution in [2.24, 2.45) is 0 Å². The summed E-state index contributed by atoms with van der Waals surface area (Å²) in [6.45, 7) is 6.01. The maximum atomic E-state index is 11.9. The van der Waals surface area contributed by atoms with Crippen molar-refractivity contribution in [3.05, 3.63) is 0 Å². The Balaban J connectivity index is 2.00. The highest BCUT2D eigenvalue weighted by Crippen LogP contribution is 2.49. The van der Waals surface area contributed by atoms with Crippen molar-refractivity contribution >= 4 is 10.1 Å². The molecule has 2 fully saturated rings. The highest BCUT2D eigenvalue weighted by atomic mass is 32.2. The Kier molecular flexibility index (Phi) is 3.27. The second-order valence-corrected chi connectivity index (χ2v) is 7.21. The van der Waals surface area contributed by atoms with Crippen molar-refractivity contribution in [3.63, 3.8) is 0 Å². The minimum absolute atomic E-state index is 0.150. The Morgan fingerprint density at radius 2 is 2.00 bits per heavy atom. The van der Waals surface area contributed by atoms with Crippen LogP contribution in [-0.2, 0) is 23.8 Å². The van der Waals surface area contributed by atoms with E-state index >= 15 is 0 Å². The molecule has 100 valence electrons. The molecule has 5 nitrogen and oxygen atoms in total. The molecule has 0 unspecified atom stereocenters. The first-order valence-corrected chi connectivity index (χ1v) is 7.42. The third-order valence-electron chi connectivity index (χ3n) is 3.28. The summed E-state index contributed by atoms with van der Waals surface area (Å²) >= 11 is 0. The van der Waals surface area contributed by atoms with Gasteiger partial charge in [-0.25, -0.2) is 0 Å². The third kappa shape index (κ3) is 2.65. The fraction of sp³-hybridized carbons (Fsp3) is 1.00. The van der Waals surface area contributed by atoms with E-state index in [1.54, 1.807) is 6.92 Å². The van der Waals surface area contributed by atoms with E-state index in [9.17, 15) is 8.42 Å². The molecule has 1 saturated carbocycles. The van der Waals surface area contributed by atoms with Gasteiger partial charge in [0, 0.05) is 0 Å². The lowest BCUT2D eigenvalue weighted by molar-refractivity contribution is -0.139. The Morgan fingerprint density at radius 1 is 1.35 bits per heavy atom. The molecule has 17 heavy (non-hydrogen) atoms. The highest BCUT2D eigenvalue weighted by Gasteiger charge is 2.57. The van der Waals surface area contributed by atoms with Gasteiger partial charge in [0.2, 0.25) is 0 Å². The van der Waals surface area contributed by atoms with Crippen molar-refractivity contribution in [3.8, 4) is 0 Å². The van der Waals surface area contributed by atoms with Crippen LogP contribution in [0.5, 0.6) is 0 Å². The van der Waals surface area contributed by atoms with Gasteiger partial charge in [0.25, 0.3) is 10.1 Å². The van der Waals surface area contributed by atoms with Crippen LogP contribution >= 0.6 is 0 Å². The van der Waals surface area contributed by atoms with Crippen LogP contribution < -0.4 is 0 Å². The van der Waals surface area contributed by atoms with Gasteiger partial charge in [0.1, 0.15) is 4.75 Å². The average Bonchev–Trinajstić information content (AvgIpc) is 2.88. The van der Waals surface area contributed by atoms with Crippen LogP contribution in [0.1, 0.15) is 40.0 Å². The van der Waals surface area contributed by atoms with E-state index in [2.05, 4.69) is 0 Å². The zero-order chi connectivity index (χ0) is 12.7. The summed E-state index contributed by atoms with van der Waals surface area (Å²) in [6, 6.07) is 0. The molecule has 0 N–H and O–H groups in total. The van der Waals surface area contributed by atoms with Gasteiger partial charge >= 0.3 is 0 Å². The molecular formula is C11H20O5S. The monoisotopic (exact) mass is 264 g/mol. The van der Waals surface area contributed by atoms with Crippen LogP contribution in [-0.4, -0.2) is 38.3 Å². The van der Waals surface area contributed by atoms with Gasteiger partial charge in [0.15, 0.2) is 5.79 Å². The van der Waals surface area contributed by atoms with Gasteiger partial charge in [-0.15, -0.1) is 0 Å². The third-order valence-corrected chi connectivity index (χ3v) is 5.46. The fourth-order valence-electron chi connectivity index (χ4n) is 2.25. The molecule has 0 aromatic carbocycles. The normalized spacial score (nSPS) is 30.4. The Hall–Kier alpha value is -0.170. The number of rotatable bonds is 5. The molecular weight excluding hydrogens is 244 g/mol. The molecule has 1 aliphatic heterocycles. The lowest BCUT2D eigenvalue weighted by Gasteiger charge is -2.20. The molecule has 0 amide bonds.